The fourth-order valence-corrected chi connectivity index (χ4v) is 2.04. The van der Waals surface area contributed by atoms with Crippen molar-refractivity contribution in [2.45, 2.75) is 26.2 Å². The van der Waals surface area contributed by atoms with E-state index in [-0.39, 0.29) is 0 Å². The Hall–Kier alpha value is -2.05. The maximum Gasteiger partial charge on any atom is 0.255 e. The second-order valence-electron chi connectivity index (χ2n) is 4.79. The van der Waals surface area contributed by atoms with Crippen LogP contribution >= 0.6 is 0 Å². The molecule has 0 fully saturated rings. The molecule has 0 aliphatic rings. The van der Waals surface area contributed by atoms with Gasteiger partial charge in [-0.15, -0.1) is 0 Å². The molecule has 23 heavy (non-hydrogen) atoms. The molecule has 1 aromatic rings. The summed E-state index contributed by atoms with van der Waals surface area (Å²) in [6.45, 7) is 2.73. The van der Waals surface area contributed by atoms with Gasteiger partial charge in [-0.2, -0.15) is 0 Å². The molecule has 1 aromatic carbocycles. The first-order valence-electron chi connectivity index (χ1n) is 7.63. The summed E-state index contributed by atoms with van der Waals surface area (Å²) in [5.74, 6) is 1.83. The van der Waals surface area contributed by atoms with Crippen LogP contribution in [0.4, 0.5) is 8.78 Å². The minimum Gasteiger partial charge on any atom is -0.493 e. The maximum absolute atomic E-state index is 12.1. The highest BCUT2D eigenvalue weighted by molar-refractivity contribution is 5.79. The van der Waals surface area contributed by atoms with Gasteiger partial charge in [0.05, 0.1) is 20.3 Å². The first-order valence-corrected chi connectivity index (χ1v) is 7.63. The van der Waals surface area contributed by atoms with Crippen LogP contribution in [0, 0.1) is 0 Å². The van der Waals surface area contributed by atoms with E-state index in [1.165, 1.54) is 0 Å². The van der Waals surface area contributed by atoms with E-state index < -0.39 is 13.0 Å². The van der Waals surface area contributed by atoms with Crippen molar-refractivity contribution in [3.63, 3.8) is 0 Å². The Morgan fingerprint density at radius 2 is 2.04 bits per heavy atom. The van der Waals surface area contributed by atoms with Gasteiger partial charge in [-0.3, -0.25) is 4.99 Å². The molecule has 0 unspecified atom stereocenters. The number of aryl methyl sites for hydroxylation is 1. The smallest absolute Gasteiger partial charge is 0.255 e. The SMILES string of the molecule is CCOc1cc(CCCNC(=NC)NCC(F)F)ccc1OC. The summed E-state index contributed by atoms with van der Waals surface area (Å²) < 4.78 is 35.1. The van der Waals surface area contributed by atoms with Gasteiger partial charge in [0, 0.05) is 13.6 Å². The van der Waals surface area contributed by atoms with E-state index in [0.717, 1.165) is 24.2 Å². The van der Waals surface area contributed by atoms with Crippen molar-refractivity contribution in [2.24, 2.45) is 4.99 Å². The van der Waals surface area contributed by atoms with Crippen LogP contribution in [0.3, 0.4) is 0 Å². The summed E-state index contributed by atoms with van der Waals surface area (Å²) in [7, 11) is 3.16. The summed E-state index contributed by atoms with van der Waals surface area (Å²) in [4.78, 5) is 3.89. The third-order valence-electron chi connectivity index (χ3n) is 3.11. The van der Waals surface area contributed by atoms with Crippen LogP contribution in [-0.4, -0.2) is 46.2 Å². The van der Waals surface area contributed by atoms with Crippen molar-refractivity contribution in [3.8, 4) is 11.5 Å². The van der Waals surface area contributed by atoms with Gasteiger partial charge < -0.3 is 20.1 Å². The number of methoxy groups -OCH3 is 1. The number of ether oxygens (including phenoxy) is 2. The van der Waals surface area contributed by atoms with Crippen LogP contribution in [0.25, 0.3) is 0 Å². The lowest BCUT2D eigenvalue weighted by Crippen LogP contribution is -2.40. The first-order chi connectivity index (χ1) is 11.1. The fourth-order valence-electron chi connectivity index (χ4n) is 2.04. The third-order valence-corrected chi connectivity index (χ3v) is 3.11. The van der Waals surface area contributed by atoms with Crippen molar-refractivity contribution in [3.05, 3.63) is 23.8 Å². The number of hydrogen-bond acceptors (Lipinski definition) is 3. The number of hydrogen-bond donors (Lipinski definition) is 2. The molecule has 2 N–H and O–H groups in total. The number of rotatable bonds is 9. The van der Waals surface area contributed by atoms with Crippen molar-refractivity contribution >= 4 is 5.96 Å². The van der Waals surface area contributed by atoms with Gasteiger partial charge in [-0.25, -0.2) is 8.78 Å². The Kier molecular flexibility index (Phi) is 8.79. The molecule has 0 aliphatic carbocycles. The van der Waals surface area contributed by atoms with Crippen LogP contribution in [0.15, 0.2) is 23.2 Å². The number of alkyl halides is 2. The summed E-state index contributed by atoms with van der Waals surface area (Å²) >= 11 is 0. The Labute approximate surface area is 136 Å². The Morgan fingerprint density at radius 1 is 1.26 bits per heavy atom. The molecule has 0 bridgehead atoms. The average molecular weight is 329 g/mol. The maximum atomic E-state index is 12.1. The second-order valence-corrected chi connectivity index (χ2v) is 4.79. The lowest BCUT2D eigenvalue weighted by Gasteiger charge is -2.12. The molecule has 0 radical (unpaired) electrons. The Bertz CT molecular complexity index is 496. The highest BCUT2D eigenvalue weighted by atomic mass is 19.3. The van der Waals surface area contributed by atoms with Crippen LogP contribution in [0.1, 0.15) is 18.9 Å². The summed E-state index contributed by atoms with van der Waals surface area (Å²) in [6.07, 6.45) is -0.722. The topological polar surface area (TPSA) is 54.9 Å². The van der Waals surface area contributed by atoms with Crippen molar-refractivity contribution in [1.29, 1.82) is 0 Å². The number of halogens is 2. The Balaban J connectivity index is 2.42. The van der Waals surface area contributed by atoms with Gasteiger partial charge in [0.2, 0.25) is 0 Å². The highest BCUT2D eigenvalue weighted by Gasteiger charge is 2.06. The molecular weight excluding hydrogens is 304 g/mol. The number of nitrogens with zero attached hydrogens (tertiary/aromatic N) is 1. The lowest BCUT2D eigenvalue weighted by atomic mass is 10.1. The number of benzene rings is 1. The van der Waals surface area contributed by atoms with Crippen LogP contribution in [-0.2, 0) is 6.42 Å². The molecule has 0 amide bonds. The van der Waals surface area contributed by atoms with Gasteiger partial charge in [0.25, 0.3) is 6.43 Å². The molecule has 130 valence electrons. The molecule has 0 aromatic heterocycles. The molecule has 1 rings (SSSR count). The minimum atomic E-state index is -2.40. The van der Waals surface area contributed by atoms with E-state index in [9.17, 15) is 8.78 Å². The van der Waals surface area contributed by atoms with Gasteiger partial charge >= 0.3 is 0 Å². The quantitative estimate of drug-likeness (QED) is 0.415. The zero-order valence-electron chi connectivity index (χ0n) is 13.9. The predicted octanol–water partition coefficient (Wildman–Crippen LogP) is 2.46. The van der Waals surface area contributed by atoms with Gasteiger partial charge in [0.15, 0.2) is 17.5 Å². The van der Waals surface area contributed by atoms with Crippen LogP contribution in [0.5, 0.6) is 11.5 Å². The monoisotopic (exact) mass is 329 g/mol. The van der Waals surface area contributed by atoms with Crippen molar-refractivity contribution in [2.75, 3.05) is 33.9 Å². The van der Waals surface area contributed by atoms with E-state index in [4.69, 9.17) is 9.47 Å². The predicted molar refractivity (Wildman–Crippen MR) is 87.9 cm³/mol. The van der Waals surface area contributed by atoms with E-state index >= 15 is 0 Å². The summed E-state index contributed by atoms with van der Waals surface area (Å²) in [5.41, 5.74) is 1.13. The first kappa shape index (κ1) is 19.0. The molecule has 0 saturated heterocycles. The molecule has 0 saturated carbocycles. The van der Waals surface area contributed by atoms with Crippen molar-refractivity contribution < 1.29 is 18.3 Å². The number of nitrogens with one attached hydrogen (secondary N) is 2. The molecule has 7 heteroatoms. The highest BCUT2D eigenvalue weighted by Crippen LogP contribution is 2.28. The van der Waals surface area contributed by atoms with Gasteiger partial charge in [-0.05, 0) is 37.5 Å². The summed E-state index contributed by atoms with van der Waals surface area (Å²) in [6, 6.07) is 5.84. The normalized spacial score (nSPS) is 11.5. The Morgan fingerprint density at radius 3 is 2.65 bits per heavy atom. The zero-order valence-corrected chi connectivity index (χ0v) is 13.9. The number of guanidine groups is 1. The van der Waals surface area contributed by atoms with Gasteiger partial charge in [0.1, 0.15) is 0 Å². The van der Waals surface area contributed by atoms with Gasteiger partial charge in [-0.1, -0.05) is 6.07 Å². The molecule has 5 nitrogen and oxygen atoms in total. The molecular formula is C16H25F2N3O2. The molecule has 0 atom stereocenters. The molecule has 0 heterocycles. The van der Waals surface area contributed by atoms with E-state index in [1.807, 2.05) is 25.1 Å². The zero-order chi connectivity index (χ0) is 17.1. The lowest BCUT2D eigenvalue weighted by molar-refractivity contribution is 0.152. The largest absolute Gasteiger partial charge is 0.493 e. The third kappa shape index (κ3) is 7.17. The van der Waals surface area contributed by atoms with Crippen LogP contribution in [0.2, 0.25) is 0 Å². The van der Waals surface area contributed by atoms with E-state index in [2.05, 4.69) is 15.6 Å². The molecule has 0 aliphatic heterocycles. The molecule has 0 spiro atoms. The fraction of sp³-hybridized carbons (Fsp3) is 0.562. The van der Waals surface area contributed by atoms with Crippen molar-refractivity contribution in [1.82, 2.24) is 10.6 Å². The second kappa shape index (κ2) is 10.6. The van der Waals surface area contributed by atoms with E-state index in [1.54, 1.807) is 14.2 Å². The van der Waals surface area contributed by atoms with E-state index in [0.29, 0.717) is 24.9 Å². The number of aliphatic imine (C=N–C) groups is 1. The minimum absolute atomic E-state index is 0.384. The van der Waals surface area contributed by atoms with Crippen LogP contribution < -0.4 is 20.1 Å². The standard InChI is InChI=1S/C16H25F2N3O2/c1-4-23-14-10-12(7-8-13(14)22-3)6-5-9-20-16(19-2)21-11-15(17)18/h7-8,10,15H,4-6,9,11H2,1-3H3,(H2,19,20,21). The average Bonchev–Trinajstić information content (AvgIpc) is 2.54. The summed E-state index contributed by atoms with van der Waals surface area (Å²) in [5, 5.41) is 5.57.